The van der Waals surface area contributed by atoms with Crippen LogP contribution in [0, 0.1) is 6.92 Å². The van der Waals surface area contributed by atoms with E-state index < -0.39 is 0 Å². The van der Waals surface area contributed by atoms with Gasteiger partial charge in [0.05, 0.1) is 5.25 Å². The van der Waals surface area contributed by atoms with Crippen molar-refractivity contribution in [3.8, 4) is 0 Å². The Morgan fingerprint density at radius 1 is 1.29 bits per heavy atom. The van der Waals surface area contributed by atoms with Crippen LogP contribution in [0.25, 0.3) is 0 Å². The van der Waals surface area contributed by atoms with Gasteiger partial charge < -0.3 is 5.32 Å². The molecule has 1 aliphatic rings. The summed E-state index contributed by atoms with van der Waals surface area (Å²) in [5.41, 5.74) is 2.35. The van der Waals surface area contributed by atoms with E-state index in [0.29, 0.717) is 17.5 Å². The van der Waals surface area contributed by atoms with Gasteiger partial charge in [-0.25, -0.2) is 9.97 Å². The molecule has 1 aromatic heterocycles. The van der Waals surface area contributed by atoms with Crippen LogP contribution in [-0.2, 0) is 11.2 Å². The quantitative estimate of drug-likeness (QED) is 0.943. The Kier molecular flexibility index (Phi) is 3.96. The van der Waals surface area contributed by atoms with Crippen LogP contribution in [0.4, 0.5) is 5.95 Å². The molecule has 3 rings (SSSR count). The Labute approximate surface area is 126 Å². The molecule has 0 saturated carbocycles. The van der Waals surface area contributed by atoms with Gasteiger partial charge in [0.15, 0.2) is 5.17 Å². The molecule has 1 aliphatic heterocycles. The Bertz CT molecular complexity index is 687. The monoisotopic (exact) mass is 298 g/mol. The second-order valence-corrected chi connectivity index (χ2v) is 5.95. The van der Waals surface area contributed by atoms with E-state index in [1.807, 2.05) is 25.1 Å². The van der Waals surface area contributed by atoms with E-state index in [9.17, 15) is 4.79 Å². The summed E-state index contributed by atoms with van der Waals surface area (Å²) in [5.74, 6) is 0.340. The molecule has 1 atom stereocenters. The summed E-state index contributed by atoms with van der Waals surface area (Å²) in [4.78, 5) is 24.3. The summed E-state index contributed by atoms with van der Waals surface area (Å²) in [6, 6.07) is 9.92. The van der Waals surface area contributed by atoms with Gasteiger partial charge in [-0.1, -0.05) is 41.6 Å². The second-order valence-electron chi connectivity index (χ2n) is 4.75. The molecule has 0 bridgehead atoms. The van der Waals surface area contributed by atoms with Crippen LogP contribution in [0.1, 0.15) is 11.1 Å². The van der Waals surface area contributed by atoms with E-state index in [2.05, 4.69) is 26.3 Å². The summed E-state index contributed by atoms with van der Waals surface area (Å²) in [6.45, 7) is 2.05. The molecule has 106 valence electrons. The molecule has 0 unspecified atom stereocenters. The van der Waals surface area contributed by atoms with Gasteiger partial charge in [-0.3, -0.25) is 4.79 Å². The van der Waals surface area contributed by atoms with Crippen molar-refractivity contribution < 1.29 is 4.79 Å². The topological polar surface area (TPSA) is 67.2 Å². The third kappa shape index (κ3) is 3.46. The highest BCUT2D eigenvalue weighted by Crippen LogP contribution is 2.24. The number of aryl methyl sites for hydroxylation is 1. The highest BCUT2D eigenvalue weighted by atomic mass is 32.2. The van der Waals surface area contributed by atoms with Crippen LogP contribution in [0.2, 0.25) is 0 Å². The number of rotatable bonds is 3. The third-order valence-electron chi connectivity index (χ3n) is 3.03. The molecule has 0 aliphatic carbocycles. The van der Waals surface area contributed by atoms with E-state index in [-0.39, 0.29) is 11.2 Å². The van der Waals surface area contributed by atoms with Gasteiger partial charge in [-0.2, -0.15) is 4.99 Å². The summed E-state index contributed by atoms with van der Waals surface area (Å²) in [7, 11) is 0. The van der Waals surface area contributed by atoms with Gasteiger partial charge in [0.1, 0.15) is 0 Å². The Morgan fingerprint density at radius 3 is 2.86 bits per heavy atom. The second kappa shape index (κ2) is 6.05. The molecule has 5 nitrogen and oxygen atoms in total. The lowest BCUT2D eigenvalue weighted by Crippen LogP contribution is -2.26. The Balaban J connectivity index is 1.72. The van der Waals surface area contributed by atoms with Crippen molar-refractivity contribution in [3.05, 3.63) is 53.9 Å². The van der Waals surface area contributed by atoms with Gasteiger partial charge in [-0.15, -0.1) is 0 Å². The molecule has 1 saturated heterocycles. The minimum Gasteiger partial charge on any atom is -0.304 e. The third-order valence-corrected chi connectivity index (χ3v) is 4.12. The first kappa shape index (κ1) is 13.8. The van der Waals surface area contributed by atoms with Crippen molar-refractivity contribution in [3.63, 3.8) is 0 Å². The number of amidine groups is 1. The molecular weight excluding hydrogens is 284 g/mol. The number of carbonyl (C=O) groups excluding carboxylic acids is 1. The first-order valence-electron chi connectivity index (χ1n) is 6.59. The number of carbonyl (C=O) groups is 1. The van der Waals surface area contributed by atoms with Crippen molar-refractivity contribution in [1.29, 1.82) is 0 Å². The van der Waals surface area contributed by atoms with Crippen molar-refractivity contribution in [2.75, 3.05) is 0 Å². The summed E-state index contributed by atoms with van der Waals surface area (Å²) >= 11 is 1.42. The number of nitrogens with one attached hydrogen (secondary N) is 1. The van der Waals surface area contributed by atoms with Crippen LogP contribution in [-0.4, -0.2) is 26.3 Å². The SMILES string of the molecule is Cc1cccc(C[C@H]2S/C(=N/c3ncccn3)NC2=O)c1. The van der Waals surface area contributed by atoms with E-state index >= 15 is 0 Å². The summed E-state index contributed by atoms with van der Waals surface area (Å²) < 4.78 is 0. The minimum absolute atomic E-state index is 0.0174. The number of nitrogens with zero attached hydrogens (tertiary/aromatic N) is 3. The highest BCUT2D eigenvalue weighted by Gasteiger charge is 2.30. The first-order valence-corrected chi connectivity index (χ1v) is 7.47. The van der Waals surface area contributed by atoms with E-state index in [1.165, 1.54) is 17.3 Å². The molecule has 1 amide bonds. The number of thioether (sulfide) groups is 1. The number of aliphatic imine (C=N–C) groups is 1. The first-order chi connectivity index (χ1) is 10.2. The molecule has 0 radical (unpaired) electrons. The smallest absolute Gasteiger partial charge is 0.251 e. The zero-order chi connectivity index (χ0) is 14.7. The van der Waals surface area contributed by atoms with Crippen LogP contribution < -0.4 is 5.32 Å². The molecular formula is C15H14N4OS. The fourth-order valence-electron chi connectivity index (χ4n) is 2.09. The average Bonchev–Trinajstić information content (AvgIpc) is 2.80. The summed E-state index contributed by atoms with van der Waals surface area (Å²) in [6.07, 6.45) is 3.93. The Hall–Kier alpha value is -2.21. The number of amides is 1. The van der Waals surface area contributed by atoms with Gasteiger partial charge >= 0.3 is 0 Å². The lowest BCUT2D eigenvalue weighted by atomic mass is 10.1. The zero-order valence-electron chi connectivity index (χ0n) is 11.5. The molecule has 0 spiro atoms. The minimum atomic E-state index is -0.158. The predicted octanol–water partition coefficient (Wildman–Crippen LogP) is 2.25. The Morgan fingerprint density at radius 2 is 2.10 bits per heavy atom. The van der Waals surface area contributed by atoms with E-state index in [4.69, 9.17) is 0 Å². The number of hydrogen-bond donors (Lipinski definition) is 1. The number of aromatic nitrogens is 2. The van der Waals surface area contributed by atoms with Crippen molar-refractivity contribution in [1.82, 2.24) is 15.3 Å². The average molecular weight is 298 g/mol. The highest BCUT2D eigenvalue weighted by molar-refractivity contribution is 8.15. The largest absolute Gasteiger partial charge is 0.304 e. The van der Waals surface area contributed by atoms with Crippen molar-refractivity contribution in [2.45, 2.75) is 18.6 Å². The van der Waals surface area contributed by atoms with Crippen LogP contribution in [0.5, 0.6) is 0 Å². The van der Waals surface area contributed by atoms with Crippen molar-refractivity contribution in [2.24, 2.45) is 4.99 Å². The normalized spacial score (nSPS) is 19.8. The molecule has 1 N–H and O–H groups in total. The molecule has 2 aromatic rings. The maximum Gasteiger partial charge on any atom is 0.251 e. The molecule has 1 fully saturated rings. The standard InChI is InChI=1S/C15H14N4OS/c1-10-4-2-5-11(8-10)9-12-13(20)18-15(21-12)19-14-16-6-3-7-17-14/h2-8,12H,9H2,1H3,(H,16,17,18,19,20)/t12-/m1/s1. The fourth-order valence-corrected chi connectivity index (χ4v) is 3.09. The maximum absolute atomic E-state index is 12.0. The van der Waals surface area contributed by atoms with Gasteiger partial charge in [0, 0.05) is 12.4 Å². The molecule has 21 heavy (non-hydrogen) atoms. The van der Waals surface area contributed by atoms with E-state index in [1.54, 1.807) is 18.5 Å². The molecule has 2 heterocycles. The van der Waals surface area contributed by atoms with E-state index in [0.717, 1.165) is 5.56 Å². The predicted molar refractivity (Wildman–Crippen MR) is 83.5 cm³/mol. The van der Waals surface area contributed by atoms with Crippen molar-refractivity contribution >= 4 is 28.8 Å². The van der Waals surface area contributed by atoms with Gasteiger partial charge in [-0.05, 0) is 25.0 Å². The lowest BCUT2D eigenvalue weighted by molar-refractivity contribution is -0.118. The molecule has 6 heteroatoms. The summed E-state index contributed by atoms with van der Waals surface area (Å²) in [5, 5.41) is 3.18. The number of benzene rings is 1. The van der Waals surface area contributed by atoms with Gasteiger partial charge in [0.2, 0.25) is 5.91 Å². The van der Waals surface area contributed by atoms with Gasteiger partial charge in [0.25, 0.3) is 5.95 Å². The zero-order valence-corrected chi connectivity index (χ0v) is 12.3. The van der Waals surface area contributed by atoms with Crippen LogP contribution >= 0.6 is 11.8 Å². The van der Waals surface area contributed by atoms with Crippen LogP contribution in [0.3, 0.4) is 0 Å². The van der Waals surface area contributed by atoms with Crippen LogP contribution in [0.15, 0.2) is 47.7 Å². The fraction of sp³-hybridized carbons (Fsp3) is 0.200. The molecule has 1 aromatic carbocycles. The lowest BCUT2D eigenvalue weighted by Gasteiger charge is -2.05. The maximum atomic E-state index is 12.0. The number of hydrogen-bond acceptors (Lipinski definition) is 5.